The van der Waals surface area contributed by atoms with Crippen LogP contribution in [0.4, 0.5) is 5.69 Å². The minimum atomic E-state index is -3.77. The number of halogens is 1. The molecule has 4 nitrogen and oxygen atoms in total. The van der Waals surface area contributed by atoms with Gasteiger partial charge in [0.15, 0.2) is 0 Å². The van der Waals surface area contributed by atoms with Gasteiger partial charge in [-0.1, -0.05) is 23.7 Å². The number of sulfonamides is 1. The summed E-state index contributed by atoms with van der Waals surface area (Å²) in [5.41, 5.74) is 2.61. The zero-order chi connectivity index (χ0) is 16.4. The smallest absolute Gasteiger partial charge is 0.265 e. The molecule has 0 radical (unpaired) electrons. The van der Waals surface area contributed by atoms with E-state index in [0.717, 1.165) is 31.2 Å². The fraction of sp³-hybridized carbons (Fsp3) is 0.294. The summed E-state index contributed by atoms with van der Waals surface area (Å²) in [6.45, 7) is 0. The van der Waals surface area contributed by atoms with Crippen molar-refractivity contribution in [1.29, 1.82) is 0 Å². The summed E-state index contributed by atoms with van der Waals surface area (Å²) >= 11 is 6.05. The van der Waals surface area contributed by atoms with Crippen LogP contribution >= 0.6 is 11.6 Å². The highest BCUT2D eigenvalue weighted by Crippen LogP contribution is 2.33. The first-order valence-electron chi connectivity index (χ1n) is 7.48. The van der Waals surface area contributed by atoms with Crippen molar-refractivity contribution in [2.24, 2.45) is 0 Å². The number of rotatable bonds is 4. The minimum Gasteiger partial charge on any atom is -0.495 e. The van der Waals surface area contributed by atoms with Crippen LogP contribution in [0.5, 0.6) is 5.75 Å². The lowest BCUT2D eigenvalue weighted by Gasteiger charge is -2.19. The van der Waals surface area contributed by atoms with Gasteiger partial charge in [-0.3, -0.25) is 4.72 Å². The Morgan fingerprint density at radius 2 is 1.74 bits per heavy atom. The number of para-hydroxylation sites is 1. The maximum Gasteiger partial charge on any atom is 0.265 e. The summed E-state index contributed by atoms with van der Waals surface area (Å²) in [7, 11) is -2.29. The van der Waals surface area contributed by atoms with E-state index < -0.39 is 10.0 Å². The molecule has 0 spiro atoms. The Bertz CT molecular complexity index is 834. The molecule has 0 heterocycles. The third-order valence-corrected chi connectivity index (χ3v) is 5.75. The standard InChI is InChI=1S/C17H18ClNO3S/c1-22-16-10-12-6-2-3-7-13(12)11-17(16)23(20,21)19-15-9-5-4-8-14(15)18/h4-5,8-11,19H,2-3,6-7H2,1H3. The molecule has 1 aliphatic carbocycles. The molecular weight excluding hydrogens is 334 g/mol. The molecule has 0 aliphatic heterocycles. The summed E-state index contributed by atoms with van der Waals surface area (Å²) in [6, 6.07) is 10.3. The molecule has 3 rings (SSSR count). The van der Waals surface area contributed by atoms with E-state index in [2.05, 4.69) is 4.72 Å². The Balaban J connectivity index is 2.04. The molecule has 1 N–H and O–H groups in total. The zero-order valence-corrected chi connectivity index (χ0v) is 14.4. The van der Waals surface area contributed by atoms with Gasteiger partial charge in [-0.25, -0.2) is 8.42 Å². The first kappa shape index (κ1) is 16.1. The molecule has 6 heteroatoms. The largest absolute Gasteiger partial charge is 0.495 e. The number of anilines is 1. The second-order valence-electron chi connectivity index (χ2n) is 5.56. The number of benzene rings is 2. The molecule has 0 bridgehead atoms. The highest BCUT2D eigenvalue weighted by molar-refractivity contribution is 7.92. The monoisotopic (exact) mass is 351 g/mol. The summed E-state index contributed by atoms with van der Waals surface area (Å²) < 4.78 is 33.4. The third-order valence-electron chi connectivity index (χ3n) is 4.04. The van der Waals surface area contributed by atoms with E-state index >= 15 is 0 Å². The summed E-state index contributed by atoms with van der Waals surface area (Å²) in [5.74, 6) is 0.366. The number of nitrogens with one attached hydrogen (secondary N) is 1. The molecule has 23 heavy (non-hydrogen) atoms. The van der Waals surface area contributed by atoms with Crippen LogP contribution in [0.15, 0.2) is 41.3 Å². The van der Waals surface area contributed by atoms with Gasteiger partial charge in [0.2, 0.25) is 0 Å². The van der Waals surface area contributed by atoms with Crippen molar-refractivity contribution >= 4 is 27.3 Å². The summed E-state index contributed by atoms with van der Waals surface area (Å²) in [4.78, 5) is 0.153. The van der Waals surface area contributed by atoms with Crippen molar-refractivity contribution in [3.05, 3.63) is 52.5 Å². The van der Waals surface area contributed by atoms with Crippen LogP contribution in [0.1, 0.15) is 24.0 Å². The highest BCUT2D eigenvalue weighted by atomic mass is 35.5. The topological polar surface area (TPSA) is 55.4 Å². The molecule has 122 valence electrons. The van der Waals surface area contributed by atoms with E-state index in [1.54, 1.807) is 30.3 Å². The molecule has 2 aromatic carbocycles. The van der Waals surface area contributed by atoms with Gasteiger partial charge in [-0.05, 0) is 61.1 Å². The van der Waals surface area contributed by atoms with Gasteiger partial charge in [-0.2, -0.15) is 0 Å². The normalized spacial score (nSPS) is 14.2. The Morgan fingerprint density at radius 1 is 1.09 bits per heavy atom. The minimum absolute atomic E-state index is 0.153. The average Bonchev–Trinajstić information content (AvgIpc) is 2.55. The molecule has 0 fully saturated rings. The predicted octanol–water partition coefficient (Wildman–Crippen LogP) is 4.03. The van der Waals surface area contributed by atoms with Gasteiger partial charge in [-0.15, -0.1) is 0 Å². The van der Waals surface area contributed by atoms with Gasteiger partial charge >= 0.3 is 0 Å². The summed E-state index contributed by atoms with van der Waals surface area (Å²) in [6.07, 6.45) is 4.06. The number of aryl methyl sites for hydroxylation is 2. The SMILES string of the molecule is COc1cc2c(cc1S(=O)(=O)Nc1ccccc1Cl)CCCC2. The lowest BCUT2D eigenvalue weighted by atomic mass is 9.92. The molecule has 0 amide bonds. The Labute approximate surface area is 141 Å². The van der Waals surface area contributed by atoms with Crippen molar-refractivity contribution in [3.63, 3.8) is 0 Å². The van der Waals surface area contributed by atoms with Gasteiger partial charge < -0.3 is 4.74 Å². The first-order valence-corrected chi connectivity index (χ1v) is 9.34. The number of ether oxygens (including phenoxy) is 1. The average molecular weight is 352 g/mol. The third kappa shape index (κ3) is 3.31. The molecule has 0 atom stereocenters. The van der Waals surface area contributed by atoms with Crippen LogP contribution in [0.3, 0.4) is 0 Å². The Kier molecular flexibility index (Phi) is 4.50. The molecule has 2 aromatic rings. The zero-order valence-electron chi connectivity index (χ0n) is 12.8. The molecular formula is C17H18ClNO3S. The van der Waals surface area contributed by atoms with E-state index in [1.165, 1.54) is 12.7 Å². The fourth-order valence-electron chi connectivity index (χ4n) is 2.85. The number of hydrogen-bond donors (Lipinski definition) is 1. The van der Waals surface area contributed by atoms with E-state index in [1.807, 2.05) is 6.07 Å². The van der Waals surface area contributed by atoms with Crippen LogP contribution < -0.4 is 9.46 Å². The van der Waals surface area contributed by atoms with Crippen LogP contribution in [0.25, 0.3) is 0 Å². The fourth-order valence-corrected chi connectivity index (χ4v) is 4.37. The van der Waals surface area contributed by atoms with Crippen LogP contribution in [-0.2, 0) is 22.9 Å². The van der Waals surface area contributed by atoms with Crippen molar-refractivity contribution in [2.45, 2.75) is 30.6 Å². The van der Waals surface area contributed by atoms with Gasteiger partial charge in [0.05, 0.1) is 17.8 Å². The van der Waals surface area contributed by atoms with E-state index in [-0.39, 0.29) is 4.90 Å². The van der Waals surface area contributed by atoms with Crippen molar-refractivity contribution in [1.82, 2.24) is 0 Å². The second kappa shape index (κ2) is 6.42. The van der Waals surface area contributed by atoms with Crippen LogP contribution in [0, 0.1) is 0 Å². The van der Waals surface area contributed by atoms with E-state index in [4.69, 9.17) is 16.3 Å². The molecule has 0 aromatic heterocycles. The lowest BCUT2D eigenvalue weighted by molar-refractivity contribution is 0.401. The van der Waals surface area contributed by atoms with Gasteiger partial charge in [0.1, 0.15) is 10.6 Å². The maximum atomic E-state index is 12.8. The number of fused-ring (bicyclic) bond motifs is 1. The first-order chi connectivity index (χ1) is 11.0. The van der Waals surface area contributed by atoms with Crippen molar-refractivity contribution < 1.29 is 13.2 Å². The van der Waals surface area contributed by atoms with Gasteiger partial charge in [0.25, 0.3) is 10.0 Å². The number of hydrogen-bond acceptors (Lipinski definition) is 3. The Morgan fingerprint density at radius 3 is 2.39 bits per heavy atom. The Hall–Kier alpha value is -1.72. The predicted molar refractivity (Wildman–Crippen MR) is 91.9 cm³/mol. The molecule has 0 saturated carbocycles. The number of methoxy groups -OCH3 is 1. The van der Waals surface area contributed by atoms with E-state index in [9.17, 15) is 8.42 Å². The summed E-state index contributed by atoms with van der Waals surface area (Å²) in [5, 5.41) is 0.355. The van der Waals surface area contributed by atoms with Gasteiger partial charge in [0, 0.05) is 0 Å². The van der Waals surface area contributed by atoms with Crippen molar-refractivity contribution in [2.75, 3.05) is 11.8 Å². The second-order valence-corrected chi connectivity index (χ2v) is 7.62. The van der Waals surface area contributed by atoms with Crippen LogP contribution in [-0.4, -0.2) is 15.5 Å². The molecule has 0 unspecified atom stereocenters. The van der Waals surface area contributed by atoms with Crippen molar-refractivity contribution in [3.8, 4) is 5.75 Å². The molecule has 0 saturated heterocycles. The maximum absolute atomic E-state index is 12.8. The molecule has 1 aliphatic rings. The van der Waals surface area contributed by atoms with E-state index in [0.29, 0.717) is 16.5 Å². The van der Waals surface area contributed by atoms with Crippen LogP contribution in [0.2, 0.25) is 5.02 Å². The highest BCUT2D eigenvalue weighted by Gasteiger charge is 2.24. The lowest BCUT2D eigenvalue weighted by Crippen LogP contribution is -2.16. The quantitative estimate of drug-likeness (QED) is 0.904.